The second kappa shape index (κ2) is 8.08. The predicted octanol–water partition coefficient (Wildman–Crippen LogP) is 4.42. The van der Waals surface area contributed by atoms with Crippen LogP contribution in [0.4, 0.5) is 5.00 Å². The van der Waals surface area contributed by atoms with Crippen molar-refractivity contribution < 1.29 is 24.0 Å². The third-order valence-corrected chi connectivity index (χ3v) is 6.00. The fourth-order valence-corrected chi connectivity index (χ4v) is 4.70. The zero-order chi connectivity index (χ0) is 20.4. The quantitative estimate of drug-likeness (QED) is 0.602. The number of nitrogens with one attached hydrogen (secondary N) is 1. The minimum atomic E-state index is -0.487. The number of hydrogen-bond acceptors (Lipinski definition) is 7. The Hall–Kier alpha value is -3.13. The van der Waals surface area contributed by atoms with Crippen molar-refractivity contribution >= 4 is 28.2 Å². The van der Waals surface area contributed by atoms with Crippen LogP contribution in [-0.4, -0.2) is 28.7 Å². The highest BCUT2D eigenvalue weighted by Crippen LogP contribution is 2.39. The molecule has 2 heterocycles. The summed E-state index contributed by atoms with van der Waals surface area (Å²) in [6.07, 6.45) is 3.77. The highest BCUT2D eigenvalue weighted by atomic mass is 32.1. The second-order valence-corrected chi connectivity index (χ2v) is 7.79. The van der Waals surface area contributed by atoms with Gasteiger partial charge < -0.3 is 19.7 Å². The molecule has 0 spiro atoms. The second-order valence-electron chi connectivity index (χ2n) is 6.68. The highest BCUT2D eigenvalue weighted by molar-refractivity contribution is 7.17. The van der Waals surface area contributed by atoms with Crippen LogP contribution in [0.25, 0.3) is 11.3 Å². The number of esters is 1. The number of carbonyl (C=O) groups is 2. The minimum Gasteiger partial charge on any atom is -0.507 e. The average molecular weight is 412 g/mol. The zero-order valence-electron chi connectivity index (χ0n) is 15.9. The Morgan fingerprint density at radius 3 is 2.86 bits per heavy atom. The van der Waals surface area contributed by atoms with Gasteiger partial charge in [0, 0.05) is 10.9 Å². The Morgan fingerprint density at radius 2 is 2.07 bits per heavy atom. The predicted molar refractivity (Wildman–Crippen MR) is 108 cm³/mol. The van der Waals surface area contributed by atoms with Crippen molar-refractivity contribution in [2.45, 2.75) is 32.6 Å². The number of hydrogen-bond donors (Lipinski definition) is 2. The number of rotatable bonds is 5. The van der Waals surface area contributed by atoms with Crippen molar-refractivity contribution in [2.24, 2.45) is 0 Å². The molecule has 0 radical (unpaired) electrons. The molecule has 0 saturated carbocycles. The van der Waals surface area contributed by atoms with Crippen molar-refractivity contribution in [2.75, 3.05) is 11.9 Å². The van der Waals surface area contributed by atoms with E-state index in [2.05, 4.69) is 10.5 Å². The van der Waals surface area contributed by atoms with Crippen LogP contribution in [0.15, 0.2) is 34.9 Å². The number of benzene rings is 1. The normalized spacial score (nSPS) is 13.0. The Labute approximate surface area is 171 Å². The number of thiophene rings is 1. The van der Waals surface area contributed by atoms with Crippen LogP contribution in [0.5, 0.6) is 5.75 Å². The first-order chi connectivity index (χ1) is 14.1. The lowest BCUT2D eigenvalue weighted by molar-refractivity contribution is 0.0526. The molecule has 0 fully saturated rings. The summed E-state index contributed by atoms with van der Waals surface area (Å²) in [6.45, 7) is 2.02. The maximum absolute atomic E-state index is 12.7. The number of aryl methyl sites for hydroxylation is 1. The molecule has 1 aliphatic carbocycles. The van der Waals surface area contributed by atoms with Crippen molar-refractivity contribution in [1.29, 1.82) is 0 Å². The summed E-state index contributed by atoms with van der Waals surface area (Å²) in [5.74, 6) is -0.590. The molecule has 7 nitrogen and oxygen atoms in total. The summed E-state index contributed by atoms with van der Waals surface area (Å²) in [7, 11) is 0. The van der Waals surface area contributed by atoms with E-state index in [0.29, 0.717) is 16.1 Å². The Kier molecular flexibility index (Phi) is 5.35. The van der Waals surface area contributed by atoms with Crippen molar-refractivity contribution in [3.8, 4) is 17.1 Å². The van der Waals surface area contributed by atoms with Crippen LogP contribution in [0, 0.1) is 0 Å². The molecule has 150 valence electrons. The van der Waals surface area contributed by atoms with Gasteiger partial charge in [-0.2, -0.15) is 0 Å². The minimum absolute atomic E-state index is 0.0335. The maximum Gasteiger partial charge on any atom is 0.341 e. The van der Waals surface area contributed by atoms with E-state index < -0.39 is 11.9 Å². The first-order valence-electron chi connectivity index (χ1n) is 9.46. The summed E-state index contributed by atoms with van der Waals surface area (Å²) < 4.78 is 10.4. The van der Waals surface area contributed by atoms with Crippen LogP contribution in [0.2, 0.25) is 0 Å². The van der Waals surface area contributed by atoms with Gasteiger partial charge in [0.05, 0.1) is 17.7 Å². The number of carbonyl (C=O) groups excluding carboxylic acids is 2. The van der Waals surface area contributed by atoms with Gasteiger partial charge in [0.1, 0.15) is 10.8 Å². The van der Waals surface area contributed by atoms with Gasteiger partial charge in [0.25, 0.3) is 5.91 Å². The molecule has 2 N–H and O–H groups in total. The van der Waals surface area contributed by atoms with Crippen LogP contribution in [0.1, 0.15) is 51.1 Å². The lowest BCUT2D eigenvalue weighted by atomic mass is 9.95. The van der Waals surface area contributed by atoms with Crippen LogP contribution in [0.3, 0.4) is 0 Å². The van der Waals surface area contributed by atoms with E-state index in [1.165, 1.54) is 23.5 Å². The van der Waals surface area contributed by atoms with E-state index in [-0.39, 0.29) is 23.8 Å². The van der Waals surface area contributed by atoms with Crippen LogP contribution in [-0.2, 0) is 17.6 Å². The fraction of sp³-hybridized carbons (Fsp3) is 0.286. The molecule has 4 rings (SSSR count). The number of aromatic hydroxyl groups is 1. The summed E-state index contributed by atoms with van der Waals surface area (Å²) in [6, 6.07) is 8.10. The topological polar surface area (TPSA) is 102 Å². The first-order valence-corrected chi connectivity index (χ1v) is 10.3. The summed E-state index contributed by atoms with van der Waals surface area (Å²) in [5.41, 5.74) is 1.93. The third kappa shape index (κ3) is 3.75. The van der Waals surface area contributed by atoms with Gasteiger partial charge in [-0.1, -0.05) is 17.3 Å². The Morgan fingerprint density at radius 1 is 1.28 bits per heavy atom. The summed E-state index contributed by atoms with van der Waals surface area (Å²) in [5, 5.41) is 17.0. The SMILES string of the molecule is CCOC(=O)c1c(NC(=O)c2cc(-c3ccccc3O)on2)sc2c1CCCC2. The number of para-hydroxylation sites is 1. The number of phenolic OH excluding ortho intramolecular Hbond substituents is 1. The Bertz CT molecular complexity index is 1070. The van der Waals surface area contributed by atoms with E-state index in [0.717, 1.165) is 36.1 Å². The highest BCUT2D eigenvalue weighted by Gasteiger charge is 2.28. The van der Waals surface area contributed by atoms with Crippen LogP contribution >= 0.6 is 11.3 Å². The van der Waals surface area contributed by atoms with E-state index in [1.54, 1.807) is 25.1 Å². The molecule has 1 aromatic carbocycles. The molecule has 0 unspecified atom stereocenters. The molecule has 2 aromatic heterocycles. The lowest BCUT2D eigenvalue weighted by Gasteiger charge is -2.12. The fourth-order valence-electron chi connectivity index (χ4n) is 3.43. The van der Waals surface area contributed by atoms with Gasteiger partial charge >= 0.3 is 5.97 Å². The maximum atomic E-state index is 12.7. The van der Waals surface area contributed by atoms with Gasteiger partial charge in [-0.25, -0.2) is 4.79 Å². The van der Waals surface area contributed by atoms with Crippen LogP contribution < -0.4 is 5.32 Å². The molecule has 0 bridgehead atoms. The van der Waals surface area contributed by atoms with Gasteiger partial charge in [0.15, 0.2) is 11.5 Å². The van der Waals surface area contributed by atoms with E-state index in [4.69, 9.17) is 9.26 Å². The lowest BCUT2D eigenvalue weighted by Crippen LogP contribution is -2.16. The molecule has 0 atom stereocenters. The number of amides is 1. The molecule has 29 heavy (non-hydrogen) atoms. The first kappa shape index (κ1) is 19.2. The third-order valence-electron chi connectivity index (χ3n) is 4.79. The standard InChI is InChI=1S/C21H20N2O5S/c1-2-27-21(26)18-13-8-4-6-10-17(13)29-20(18)22-19(25)14-11-16(28-23-14)12-7-3-5-9-15(12)24/h3,5,7,9,11,24H,2,4,6,8,10H2,1H3,(H,22,25). The van der Waals surface area contributed by atoms with E-state index >= 15 is 0 Å². The van der Waals surface area contributed by atoms with Gasteiger partial charge in [-0.3, -0.25) is 4.79 Å². The zero-order valence-corrected chi connectivity index (χ0v) is 16.7. The van der Waals surface area contributed by atoms with Crippen molar-refractivity contribution in [3.05, 3.63) is 52.0 Å². The molecule has 3 aromatic rings. The molecule has 1 amide bonds. The summed E-state index contributed by atoms with van der Waals surface area (Å²) >= 11 is 1.41. The van der Waals surface area contributed by atoms with E-state index in [1.807, 2.05) is 0 Å². The molecule has 8 heteroatoms. The van der Waals surface area contributed by atoms with E-state index in [9.17, 15) is 14.7 Å². The number of ether oxygens (including phenoxy) is 1. The molecule has 0 saturated heterocycles. The summed E-state index contributed by atoms with van der Waals surface area (Å²) in [4.78, 5) is 26.4. The molecule has 1 aliphatic rings. The molecular formula is C21H20N2O5S. The van der Waals surface area contributed by atoms with Gasteiger partial charge in [0.2, 0.25) is 0 Å². The van der Waals surface area contributed by atoms with Gasteiger partial charge in [-0.05, 0) is 50.3 Å². The number of phenols is 1. The smallest absolute Gasteiger partial charge is 0.341 e. The largest absolute Gasteiger partial charge is 0.507 e. The average Bonchev–Trinajstić information content (AvgIpc) is 3.33. The van der Waals surface area contributed by atoms with Gasteiger partial charge in [-0.15, -0.1) is 11.3 Å². The number of nitrogens with zero attached hydrogens (tertiary/aromatic N) is 1. The Balaban J connectivity index is 1.61. The van der Waals surface area contributed by atoms with Crippen molar-refractivity contribution in [3.63, 3.8) is 0 Å². The number of anilines is 1. The molecule has 0 aliphatic heterocycles. The van der Waals surface area contributed by atoms with Crippen molar-refractivity contribution in [1.82, 2.24) is 5.16 Å². The molecular weight excluding hydrogens is 392 g/mol. The number of aromatic nitrogens is 1. The number of fused-ring (bicyclic) bond motifs is 1. The monoisotopic (exact) mass is 412 g/mol.